The average Bonchev–Trinajstić information content (AvgIpc) is 2.69. The second-order valence-corrected chi connectivity index (χ2v) is 4.46. The van der Waals surface area contributed by atoms with Gasteiger partial charge in [-0.15, -0.1) is 0 Å². The lowest BCUT2D eigenvalue weighted by Gasteiger charge is -2.15. The first-order chi connectivity index (χ1) is 8.99. The van der Waals surface area contributed by atoms with Gasteiger partial charge in [0.15, 0.2) is 0 Å². The first kappa shape index (κ1) is 13.1. The van der Waals surface area contributed by atoms with Crippen molar-refractivity contribution in [3.8, 4) is 0 Å². The molecule has 2 aromatic rings. The zero-order valence-electron chi connectivity index (χ0n) is 11.1. The van der Waals surface area contributed by atoms with Crippen LogP contribution in [0, 0.1) is 13.8 Å². The van der Waals surface area contributed by atoms with Crippen LogP contribution in [0.5, 0.6) is 0 Å². The molecule has 2 heterocycles. The number of nitrogens with zero attached hydrogens (tertiary/aromatic N) is 1. The quantitative estimate of drug-likeness (QED) is 0.883. The van der Waals surface area contributed by atoms with Crippen molar-refractivity contribution in [1.82, 2.24) is 4.98 Å². The monoisotopic (exact) mass is 260 g/mol. The van der Waals surface area contributed by atoms with Gasteiger partial charge in [0.1, 0.15) is 11.5 Å². The minimum absolute atomic E-state index is 0.0558. The van der Waals surface area contributed by atoms with Crippen molar-refractivity contribution in [2.75, 3.05) is 5.32 Å². The van der Waals surface area contributed by atoms with Crippen LogP contribution in [0.4, 0.5) is 5.69 Å². The van der Waals surface area contributed by atoms with E-state index < -0.39 is 5.97 Å². The first-order valence-corrected chi connectivity index (χ1v) is 6.00. The highest BCUT2D eigenvalue weighted by molar-refractivity contribution is 5.93. The minimum atomic E-state index is -0.975. The lowest BCUT2D eigenvalue weighted by Crippen LogP contribution is -2.11. The molecule has 1 atom stereocenters. The van der Waals surface area contributed by atoms with E-state index in [1.165, 1.54) is 18.5 Å². The van der Waals surface area contributed by atoms with Gasteiger partial charge in [0.05, 0.1) is 23.5 Å². The molecule has 2 N–H and O–H groups in total. The van der Waals surface area contributed by atoms with Gasteiger partial charge in [0.25, 0.3) is 0 Å². The predicted octanol–water partition coefficient (Wildman–Crippen LogP) is 3.16. The Morgan fingerprint density at radius 1 is 1.47 bits per heavy atom. The third-order valence-electron chi connectivity index (χ3n) is 2.97. The molecule has 1 unspecified atom stereocenters. The number of furan rings is 1. The smallest absolute Gasteiger partial charge is 0.337 e. The Labute approximate surface area is 111 Å². The Kier molecular flexibility index (Phi) is 3.55. The molecule has 0 amide bonds. The average molecular weight is 260 g/mol. The van der Waals surface area contributed by atoms with E-state index in [9.17, 15) is 4.79 Å². The zero-order valence-corrected chi connectivity index (χ0v) is 11.1. The van der Waals surface area contributed by atoms with Crippen molar-refractivity contribution in [2.45, 2.75) is 26.8 Å². The summed E-state index contributed by atoms with van der Waals surface area (Å²) in [6.45, 7) is 5.73. The molecular weight excluding hydrogens is 244 g/mol. The Hall–Kier alpha value is -2.30. The maximum atomic E-state index is 11.1. The van der Waals surface area contributed by atoms with Gasteiger partial charge in [-0.1, -0.05) is 0 Å². The summed E-state index contributed by atoms with van der Waals surface area (Å²) < 4.78 is 5.48. The number of aromatic carboxylic acids is 1. The van der Waals surface area contributed by atoms with E-state index in [1.807, 2.05) is 26.8 Å². The van der Waals surface area contributed by atoms with Crippen LogP contribution in [-0.2, 0) is 0 Å². The highest BCUT2D eigenvalue weighted by Gasteiger charge is 2.16. The van der Waals surface area contributed by atoms with Gasteiger partial charge in [-0.2, -0.15) is 0 Å². The molecule has 5 nitrogen and oxygen atoms in total. The topological polar surface area (TPSA) is 75.4 Å². The molecule has 0 spiro atoms. The van der Waals surface area contributed by atoms with Crippen molar-refractivity contribution < 1.29 is 14.3 Å². The summed E-state index contributed by atoms with van der Waals surface area (Å²) in [6.07, 6.45) is 2.98. The standard InChI is InChI=1S/C14H16N2O3/c1-8-6-12(10(3)19-8)9(2)16-13-7-15-5-4-11(13)14(17)18/h4-7,9,16H,1-3H3,(H,17,18). The van der Waals surface area contributed by atoms with Gasteiger partial charge >= 0.3 is 5.97 Å². The Bertz CT molecular complexity index is 604. The summed E-state index contributed by atoms with van der Waals surface area (Å²) in [5.74, 6) is 0.696. The highest BCUT2D eigenvalue weighted by Crippen LogP contribution is 2.26. The fraction of sp³-hybridized carbons (Fsp3) is 0.286. The van der Waals surface area contributed by atoms with Crippen molar-refractivity contribution in [1.29, 1.82) is 0 Å². The summed E-state index contributed by atoms with van der Waals surface area (Å²) in [6, 6.07) is 3.37. The van der Waals surface area contributed by atoms with Crippen LogP contribution in [0.25, 0.3) is 0 Å². The molecule has 0 fully saturated rings. The van der Waals surface area contributed by atoms with E-state index in [1.54, 1.807) is 0 Å². The van der Waals surface area contributed by atoms with E-state index in [0.29, 0.717) is 5.69 Å². The van der Waals surface area contributed by atoms with Crippen LogP contribution in [0.3, 0.4) is 0 Å². The van der Waals surface area contributed by atoms with Gasteiger partial charge in [0.2, 0.25) is 0 Å². The van der Waals surface area contributed by atoms with Crippen molar-refractivity contribution in [3.05, 3.63) is 47.2 Å². The van der Waals surface area contributed by atoms with Gasteiger partial charge < -0.3 is 14.8 Å². The third-order valence-corrected chi connectivity index (χ3v) is 2.97. The van der Waals surface area contributed by atoms with Crippen LogP contribution in [0.15, 0.2) is 28.9 Å². The largest absolute Gasteiger partial charge is 0.478 e. The van der Waals surface area contributed by atoms with Crippen LogP contribution < -0.4 is 5.32 Å². The number of carbonyl (C=O) groups is 1. The SMILES string of the molecule is Cc1cc(C(C)Nc2cnccc2C(=O)O)c(C)o1. The van der Waals surface area contributed by atoms with E-state index in [-0.39, 0.29) is 11.6 Å². The highest BCUT2D eigenvalue weighted by atomic mass is 16.4. The lowest BCUT2D eigenvalue weighted by atomic mass is 10.1. The summed E-state index contributed by atoms with van der Waals surface area (Å²) in [5, 5.41) is 12.3. The van der Waals surface area contributed by atoms with Crippen LogP contribution >= 0.6 is 0 Å². The number of carboxylic acids is 1. The molecule has 0 saturated carbocycles. The Morgan fingerprint density at radius 3 is 2.79 bits per heavy atom. The van der Waals surface area contributed by atoms with Crippen molar-refractivity contribution >= 4 is 11.7 Å². The number of pyridine rings is 1. The van der Waals surface area contributed by atoms with Crippen molar-refractivity contribution in [2.24, 2.45) is 0 Å². The molecule has 2 rings (SSSR count). The molecule has 0 aliphatic carbocycles. The first-order valence-electron chi connectivity index (χ1n) is 6.00. The predicted molar refractivity (Wildman–Crippen MR) is 71.4 cm³/mol. The molecule has 0 radical (unpaired) electrons. The summed E-state index contributed by atoms with van der Waals surface area (Å²) >= 11 is 0. The third kappa shape index (κ3) is 2.76. The second-order valence-electron chi connectivity index (χ2n) is 4.46. The van der Waals surface area contributed by atoms with Crippen LogP contribution in [0.1, 0.15) is 40.4 Å². The molecule has 2 aromatic heterocycles. The van der Waals surface area contributed by atoms with Crippen LogP contribution in [-0.4, -0.2) is 16.1 Å². The number of nitrogens with one attached hydrogen (secondary N) is 1. The Morgan fingerprint density at radius 2 is 2.21 bits per heavy atom. The lowest BCUT2D eigenvalue weighted by molar-refractivity contribution is 0.0698. The summed E-state index contributed by atoms with van der Waals surface area (Å²) in [4.78, 5) is 15.1. The molecule has 19 heavy (non-hydrogen) atoms. The number of carboxylic acid groups (broad SMARTS) is 1. The van der Waals surface area contributed by atoms with Crippen LogP contribution in [0.2, 0.25) is 0 Å². The second kappa shape index (κ2) is 5.14. The molecule has 0 saturated heterocycles. The molecule has 0 aliphatic rings. The number of aryl methyl sites for hydroxylation is 2. The summed E-state index contributed by atoms with van der Waals surface area (Å²) in [7, 11) is 0. The molecule has 0 aromatic carbocycles. The van der Waals surface area contributed by atoms with E-state index in [4.69, 9.17) is 9.52 Å². The molecule has 0 aliphatic heterocycles. The Balaban J connectivity index is 2.26. The van der Waals surface area contributed by atoms with E-state index in [0.717, 1.165) is 17.1 Å². The fourth-order valence-corrected chi connectivity index (χ4v) is 2.09. The minimum Gasteiger partial charge on any atom is -0.478 e. The number of hydrogen-bond acceptors (Lipinski definition) is 4. The normalized spacial score (nSPS) is 12.2. The van der Waals surface area contributed by atoms with Gasteiger partial charge in [-0.05, 0) is 32.9 Å². The molecule has 5 heteroatoms. The molecule has 100 valence electrons. The molecule has 0 bridgehead atoms. The maximum absolute atomic E-state index is 11.1. The number of aromatic nitrogens is 1. The van der Waals surface area contributed by atoms with E-state index in [2.05, 4.69) is 10.3 Å². The number of anilines is 1. The number of rotatable bonds is 4. The van der Waals surface area contributed by atoms with Crippen molar-refractivity contribution in [3.63, 3.8) is 0 Å². The summed E-state index contributed by atoms with van der Waals surface area (Å²) in [5.41, 5.74) is 1.72. The zero-order chi connectivity index (χ0) is 14.0. The van der Waals surface area contributed by atoms with Gasteiger partial charge in [-0.25, -0.2) is 4.79 Å². The van der Waals surface area contributed by atoms with Gasteiger partial charge in [-0.3, -0.25) is 4.98 Å². The van der Waals surface area contributed by atoms with Gasteiger partial charge in [0, 0.05) is 11.8 Å². The molecular formula is C14H16N2O3. The fourth-order valence-electron chi connectivity index (χ4n) is 2.09. The number of hydrogen-bond donors (Lipinski definition) is 2. The van der Waals surface area contributed by atoms with E-state index >= 15 is 0 Å². The maximum Gasteiger partial charge on any atom is 0.337 e.